The van der Waals surface area contributed by atoms with Crippen LogP contribution in [0.5, 0.6) is 0 Å². The normalized spacial score (nSPS) is 10.5. The van der Waals surface area contributed by atoms with Gasteiger partial charge in [0.1, 0.15) is 5.76 Å². The first kappa shape index (κ1) is 15.6. The highest BCUT2D eigenvalue weighted by Crippen LogP contribution is 2.27. The zero-order chi connectivity index (χ0) is 16.4. The standard InChI is InChI=1S/C17H12BrClN2O2/c18-13-9-12(20)5-6-14(13)21-17(22)16-8-7-15(23-16)10-1-3-11(19)4-2-10/h1-9H,20H2,(H,21,22). The van der Waals surface area contributed by atoms with Gasteiger partial charge in [-0.05, 0) is 70.5 Å². The largest absolute Gasteiger partial charge is 0.451 e. The molecule has 0 aliphatic heterocycles. The maximum absolute atomic E-state index is 12.3. The first-order valence-electron chi connectivity index (χ1n) is 6.75. The molecule has 0 radical (unpaired) electrons. The number of nitrogens with two attached hydrogens (primary N) is 1. The van der Waals surface area contributed by atoms with Gasteiger partial charge in [-0.2, -0.15) is 0 Å². The molecule has 4 nitrogen and oxygen atoms in total. The minimum absolute atomic E-state index is 0.221. The van der Waals surface area contributed by atoms with E-state index < -0.39 is 0 Å². The first-order valence-corrected chi connectivity index (χ1v) is 7.92. The van der Waals surface area contributed by atoms with Gasteiger partial charge in [0.15, 0.2) is 5.76 Å². The minimum atomic E-state index is -0.337. The van der Waals surface area contributed by atoms with Crippen LogP contribution in [0.15, 0.2) is 63.5 Å². The summed E-state index contributed by atoms with van der Waals surface area (Å²) in [5, 5.41) is 3.42. The molecular formula is C17H12BrClN2O2. The molecule has 1 heterocycles. The lowest BCUT2D eigenvalue weighted by Gasteiger charge is -2.06. The van der Waals surface area contributed by atoms with Gasteiger partial charge in [0.2, 0.25) is 0 Å². The number of halogens is 2. The van der Waals surface area contributed by atoms with E-state index in [0.717, 1.165) is 5.56 Å². The number of nitrogens with one attached hydrogen (secondary N) is 1. The second-order valence-electron chi connectivity index (χ2n) is 4.86. The Kier molecular flexibility index (Phi) is 4.41. The first-order chi connectivity index (χ1) is 11.0. The number of hydrogen-bond acceptors (Lipinski definition) is 3. The Morgan fingerprint density at radius 2 is 1.83 bits per heavy atom. The molecule has 0 fully saturated rings. The Hall–Kier alpha value is -2.24. The van der Waals surface area contributed by atoms with E-state index in [1.54, 1.807) is 42.5 Å². The van der Waals surface area contributed by atoms with Crippen molar-refractivity contribution in [3.05, 3.63) is 69.9 Å². The molecule has 116 valence electrons. The predicted octanol–water partition coefficient (Wildman–Crippen LogP) is 5.20. The highest BCUT2D eigenvalue weighted by molar-refractivity contribution is 9.10. The molecule has 0 saturated carbocycles. The van der Waals surface area contributed by atoms with Crippen molar-refractivity contribution in [1.29, 1.82) is 0 Å². The summed E-state index contributed by atoms with van der Waals surface area (Å²) in [6.07, 6.45) is 0. The number of anilines is 2. The third kappa shape index (κ3) is 3.57. The summed E-state index contributed by atoms with van der Waals surface area (Å²) in [5.74, 6) is 0.484. The molecule has 0 spiro atoms. The monoisotopic (exact) mass is 390 g/mol. The molecular weight excluding hydrogens is 380 g/mol. The van der Waals surface area contributed by atoms with Crippen molar-refractivity contribution in [2.24, 2.45) is 0 Å². The van der Waals surface area contributed by atoms with Crippen molar-refractivity contribution in [2.75, 3.05) is 11.1 Å². The van der Waals surface area contributed by atoms with Crippen LogP contribution in [-0.4, -0.2) is 5.91 Å². The summed E-state index contributed by atoms with van der Waals surface area (Å²) in [5.41, 5.74) is 7.75. The van der Waals surface area contributed by atoms with Crippen molar-refractivity contribution in [3.63, 3.8) is 0 Å². The number of carbonyl (C=O) groups is 1. The molecule has 23 heavy (non-hydrogen) atoms. The zero-order valence-corrected chi connectivity index (χ0v) is 14.2. The van der Waals surface area contributed by atoms with E-state index in [1.165, 1.54) is 0 Å². The highest BCUT2D eigenvalue weighted by atomic mass is 79.9. The van der Waals surface area contributed by atoms with Gasteiger partial charge in [0, 0.05) is 20.7 Å². The van der Waals surface area contributed by atoms with Crippen LogP contribution in [-0.2, 0) is 0 Å². The summed E-state index contributed by atoms with van der Waals surface area (Å²) in [6.45, 7) is 0. The second kappa shape index (κ2) is 6.48. The Morgan fingerprint density at radius 1 is 1.09 bits per heavy atom. The minimum Gasteiger partial charge on any atom is -0.451 e. The Labute approximate surface area is 146 Å². The SMILES string of the molecule is Nc1ccc(NC(=O)c2ccc(-c3ccc(Cl)cc3)o2)c(Br)c1. The summed E-state index contributed by atoms with van der Waals surface area (Å²) in [4.78, 5) is 12.3. The molecule has 2 aromatic carbocycles. The molecule has 0 unspecified atom stereocenters. The van der Waals surface area contributed by atoms with E-state index in [-0.39, 0.29) is 11.7 Å². The number of nitrogen functional groups attached to an aromatic ring is 1. The number of hydrogen-bond donors (Lipinski definition) is 2. The third-order valence-electron chi connectivity index (χ3n) is 3.20. The number of amides is 1. The van der Waals surface area contributed by atoms with Crippen molar-refractivity contribution < 1.29 is 9.21 Å². The van der Waals surface area contributed by atoms with Gasteiger partial charge in [-0.25, -0.2) is 0 Å². The molecule has 1 aromatic heterocycles. The van der Waals surface area contributed by atoms with Gasteiger partial charge in [-0.3, -0.25) is 4.79 Å². The Morgan fingerprint density at radius 3 is 2.52 bits per heavy atom. The fourth-order valence-corrected chi connectivity index (χ4v) is 2.67. The Bertz CT molecular complexity index is 859. The third-order valence-corrected chi connectivity index (χ3v) is 4.11. The van der Waals surface area contributed by atoms with E-state index in [1.807, 2.05) is 12.1 Å². The molecule has 3 rings (SSSR count). The zero-order valence-electron chi connectivity index (χ0n) is 11.8. The van der Waals surface area contributed by atoms with Gasteiger partial charge >= 0.3 is 0 Å². The second-order valence-corrected chi connectivity index (χ2v) is 6.15. The van der Waals surface area contributed by atoms with E-state index in [0.29, 0.717) is 26.6 Å². The van der Waals surface area contributed by atoms with E-state index in [4.69, 9.17) is 21.8 Å². The van der Waals surface area contributed by atoms with Gasteiger partial charge in [-0.1, -0.05) is 11.6 Å². The van der Waals surface area contributed by atoms with Gasteiger partial charge in [0.25, 0.3) is 5.91 Å². The van der Waals surface area contributed by atoms with Crippen LogP contribution < -0.4 is 11.1 Å². The van der Waals surface area contributed by atoms with Gasteiger partial charge in [0.05, 0.1) is 5.69 Å². The summed E-state index contributed by atoms with van der Waals surface area (Å²) >= 11 is 9.22. The molecule has 1 amide bonds. The quantitative estimate of drug-likeness (QED) is 0.603. The number of rotatable bonds is 3. The fourth-order valence-electron chi connectivity index (χ4n) is 2.05. The molecule has 0 bridgehead atoms. The number of furan rings is 1. The molecule has 6 heteroatoms. The van der Waals surface area contributed by atoms with Crippen molar-refractivity contribution in [3.8, 4) is 11.3 Å². The van der Waals surface area contributed by atoms with E-state index in [9.17, 15) is 4.79 Å². The lowest BCUT2D eigenvalue weighted by Crippen LogP contribution is -2.11. The summed E-state index contributed by atoms with van der Waals surface area (Å²) < 4.78 is 6.32. The van der Waals surface area contributed by atoms with Crippen LogP contribution in [0, 0.1) is 0 Å². The lowest BCUT2D eigenvalue weighted by molar-refractivity contribution is 0.0997. The van der Waals surface area contributed by atoms with E-state index >= 15 is 0 Å². The topological polar surface area (TPSA) is 68.3 Å². The summed E-state index contributed by atoms with van der Waals surface area (Å²) in [7, 11) is 0. The Balaban J connectivity index is 1.79. The number of carbonyl (C=O) groups excluding carboxylic acids is 1. The predicted molar refractivity (Wildman–Crippen MR) is 95.7 cm³/mol. The van der Waals surface area contributed by atoms with Crippen LogP contribution in [0.3, 0.4) is 0 Å². The van der Waals surface area contributed by atoms with Crippen molar-refractivity contribution in [1.82, 2.24) is 0 Å². The number of benzene rings is 2. The molecule has 3 N–H and O–H groups in total. The van der Waals surface area contributed by atoms with Crippen molar-refractivity contribution in [2.45, 2.75) is 0 Å². The van der Waals surface area contributed by atoms with Gasteiger partial charge < -0.3 is 15.5 Å². The van der Waals surface area contributed by atoms with Crippen LogP contribution in [0.1, 0.15) is 10.6 Å². The molecule has 0 aliphatic carbocycles. The average molecular weight is 392 g/mol. The fraction of sp³-hybridized carbons (Fsp3) is 0. The summed E-state index contributed by atoms with van der Waals surface area (Å²) in [6, 6.07) is 15.7. The van der Waals surface area contributed by atoms with Crippen molar-refractivity contribution >= 4 is 44.8 Å². The van der Waals surface area contributed by atoms with Crippen LogP contribution in [0.4, 0.5) is 11.4 Å². The molecule has 3 aromatic rings. The maximum atomic E-state index is 12.3. The maximum Gasteiger partial charge on any atom is 0.291 e. The molecule has 0 saturated heterocycles. The van der Waals surface area contributed by atoms with Gasteiger partial charge in [-0.15, -0.1) is 0 Å². The van der Waals surface area contributed by atoms with E-state index in [2.05, 4.69) is 21.2 Å². The average Bonchev–Trinajstić information content (AvgIpc) is 3.01. The molecule has 0 atom stereocenters. The highest BCUT2D eigenvalue weighted by Gasteiger charge is 2.14. The lowest BCUT2D eigenvalue weighted by atomic mass is 10.2. The van der Waals surface area contributed by atoms with Crippen LogP contribution >= 0.6 is 27.5 Å². The van der Waals surface area contributed by atoms with Crippen LogP contribution in [0.25, 0.3) is 11.3 Å². The smallest absolute Gasteiger partial charge is 0.291 e. The van der Waals surface area contributed by atoms with Crippen LogP contribution in [0.2, 0.25) is 5.02 Å². The molecule has 0 aliphatic rings.